The molecule has 3 rings (SSSR count). The number of hydrogen-bond acceptors (Lipinski definition) is 2. The van der Waals surface area contributed by atoms with Gasteiger partial charge in [0.25, 0.3) is 0 Å². The molecule has 0 aliphatic heterocycles. The number of pyridine rings is 2. The van der Waals surface area contributed by atoms with Gasteiger partial charge in [-0.1, -0.05) is 23.7 Å². The van der Waals surface area contributed by atoms with Crippen LogP contribution in [0.5, 0.6) is 0 Å². The van der Waals surface area contributed by atoms with Crippen molar-refractivity contribution in [3.63, 3.8) is 0 Å². The summed E-state index contributed by atoms with van der Waals surface area (Å²) in [5, 5.41) is 1.78. The third kappa shape index (κ3) is 1.87. The number of hydrogen-bond donors (Lipinski definition) is 0. The number of rotatable bonds is 1. The largest absolute Gasteiger partial charge is 0.264 e. The van der Waals surface area contributed by atoms with Crippen molar-refractivity contribution in [2.24, 2.45) is 0 Å². The fraction of sp³-hybridized carbons (Fsp3) is 0. The SMILES string of the molecule is Clc1cc(-c2cccnc2)c2cccnc2c1. The molecule has 0 aliphatic carbocycles. The molecule has 0 atom stereocenters. The van der Waals surface area contributed by atoms with Crippen molar-refractivity contribution in [2.75, 3.05) is 0 Å². The molecule has 2 aromatic heterocycles. The van der Waals surface area contributed by atoms with Crippen LogP contribution in [-0.2, 0) is 0 Å². The Bertz CT molecular complexity index is 665. The maximum absolute atomic E-state index is 6.11. The highest BCUT2D eigenvalue weighted by Crippen LogP contribution is 2.30. The second-order valence-electron chi connectivity index (χ2n) is 3.77. The van der Waals surface area contributed by atoms with E-state index >= 15 is 0 Å². The predicted molar refractivity (Wildman–Crippen MR) is 70.0 cm³/mol. The zero-order valence-electron chi connectivity index (χ0n) is 8.97. The van der Waals surface area contributed by atoms with Crippen LogP contribution in [0.25, 0.3) is 22.0 Å². The van der Waals surface area contributed by atoms with Crippen LogP contribution in [0.4, 0.5) is 0 Å². The van der Waals surface area contributed by atoms with E-state index in [9.17, 15) is 0 Å². The second-order valence-corrected chi connectivity index (χ2v) is 4.20. The van der Waals surface area contributed by atoms with Gasteiger partial charge in [0, 0.05) is 34.6 Å². The first-order chi connectivity index (χ1) is 8.34. The average molecular weight is 241 g/mol. The normalized spacial score (nSPS) is 10.6. The monoisotopic (exact) mass is 240 g/mol. The molecule has 82 valence electrons. The lowest BCUT2D eigenvalue weighted by atomic mass is 10.0. The topological polar surface area (TPSA) is 25.8 Å². The number of benzene rings is 1. The molecule has 0 aliphatic rings. The highest BCUT2D eigenvalue weighted by molar-refractivity contribution is 6.31. The second kappa shape index (κ2) is 4.15. The summed E-state index contributed by atoms with van der Waals surface area (Å²) in [5.41, 5.74) is 3.01. The van der Waals surface area contributed by atoms with E-state index < -0.39 is 0 Å². The number of nitrogens with zero attached hydrogens (tertiary/aromatic N) is 2. The molecule has 0 saturated heterocycles. The van der Waals surface area contributed by atoms with Gasteiger partial charge in [0.1, 0.15) is 0 Å². The lowest BCUT2D eigenvalue weighted by Gasteiger charge is -2.06. The van der Waals surface area contributed by atoms with E-state index in [1.54, 1.807) is 12.4 Å². The summed E-state index contributed by atoms with van der Waals surface area (Å²) in [7, 11) is 0. The Morgan fingerprint density at radius 1 is 1.00 bits per heavy atom. The zero-order chi connectivity index (χ0) is 11.7. The highest BCUT2D eigenvalue weighted by atomic mass is 35.5. The maximum Gasteiger partial charge on any atom is 0.0723 e. The summed E-state index contributed by atoms with van der Waals surface area (Å²) >= 11 is 6.11. The number of fused-ring (bicyclic) bond motifs is 1. The van der Waals surface area contributed by atoms with E-state index in [0.717, 1.165) is 22.0 Å². The van der Waals surface area contributed by atoms with Crippen molar-refractivity contribution in [3.05, 3.63) is 60.0 Å². The lowest BCUT2D eigenvalue weighted by Crippen LogP contribution is -1.85. The first kappa shape index (κ1) is 10.2. The smallest absolute Gasteiger partial charge is 0.0723 e. The van der Waals surface area contributed by atoms with E-state index in [2.05, 4.69) is 9.97 Å². The molecule has 2 nitrogen and oxygen atoms in total. The van der Waals surface area contributed by atoms with E-state index in [4.69, 9.17) is 11.6 Å². The summed E-state index contributed by atoms with van der Waals surface area (Å²) in [6.07, 6.45) is 5.36. The quantitative estimate of drug-likeness (QED) is 0.644. The van der Waals surface area contributed by atoms with Crippen molar-refractivity contribution in [1.82, 2.24) is 9.97 Å². The third-order valence-corrected chi connectivity index (χ3v) is 2.88. The van der Waals surface area contributed by atoms with Crippen molar-refractivity contribution >= 4 is 22.5 Å². The van der Waals surface area contributed by atoms with Crippen molar-refractivity contribution < 1.29 is 0 Å². The Morgan fingerprint density at radius 2 is 1.88 bits per heavy atom. The fourth-order valence-corrected chi connectivity index (χ4v) is 2.12. The molecule has 0 saturated carbocycles. The molecule has 0 N–H and O–H groups in total. The molecule has 3 heteroatoms. The average Bonchev–Trinajstić information content (AvgIpc) is 2.39. The lowest BCUT2D eigenvalue weighted by molar-refractivity contribution is 1.33. The van der Waals surface area contributed by atoms with Gasteiger partial charge in [-0.2, -0.15) is 0 Å². The van der Waals surface area contributed by atoms with Crippen LogP contribution in [0.1, 0.15) is 0 Å². The Labute approximate surface area is 104 Å². The van der Waals surface area contributed by atoms with Crippen molar-refractivity contribution in [1.29, 1.82) is 0 Å². The van der Waals surface area contributed by atoms with Crippen LogP contribution in [0.15, 0.2) is 55.0 Å². The molecule has 0 spiro atoms. The van der Waals surface area contributed by atoms with Crippen LogP contribution < -0.4 is 0 Å². The van der Waals surface area contributed by atoms with Gasteiger partial charge in [-0.15, -0.1) is 0 Å². The maximum atomic E-state index is 6.11. The molecule has 2 heterocycles. The Balaban J connectivity index is 2.36. The first-order valence-corrected chi connectivity index (χ1v) is 5.67. The van der Waals surface area contributed by atoms with E-state index in [0.29, 0.717) is 5.02 Å². The molecule has 17 heavy (non-hydrogen) atoms. The first-order valence-electron chi connectivity index (χ1n) is 5.29. The van der Waals surface area contributed by atoms with Crippen LogP contribution in [-0.4, -0.2) is 9.97 Å². The van der Waals surface area contributed by atoms with E-state index in [-0.39, 0.29) is 0 Å². The van der Waals surface area contributed by atoms with Gasteiger partial charge in [0.05, 0.1) is 5.52 Å². The van der Waals surface area contributed by atoms with Gasteiger partial charge in [-0.05, 0) is 29.8 Å². The molecule has 1 aromatic carbocycles. The number of aromatic nitrogens is 2. The van der Waals surface area contributed by atoms with Gasteiger partial charge >= 0.3 is 0 Å². The van der Waals surface area contributed by atoms with E-state index in [1.807, 2.05) is 42.6 Å². The van der Waals surface area contributed by atoms with Gasteiger partial charge < -0.3 is 0 Å². The third-order valence-electron chi connectivity index (χ3n) is 2.66. The van der Waals surface area contributed by atoms with Crippen LogP contribution in [0.2, 0.25) is 5.02 Å². The summed E-state index contributed by atoms with van der Waals surface area (Å²) < 4.78 is 0. The van der Waals surface area contributed by atoms with Gasteiger partial charge in [-0.25, -0.2) is 0 Å². The minimum atomic E-state index is 0.690. The van der Waals surface area contributed by atoms with Crippen LogP contribution >= 0.6 is 11.6 Å². The molecular weight excluding hydrogens is 232 g/mol. The minimum Gasteiger partial charge on any atom is -0.264 e. The molecule has 0 unspecified atom stereocenters. The van der Waals surface area contributed by atoms with Gasteiger partial charge in [-0.3, -0.25) is 9.97 Å². The Hall–Kier alpha value is -1.93. The predicted octanol–water partition coefficient (Wildman–Crippen LogP) is 3.95. The summed E-state index contributed by atoms with van der Waals surface area (Å²) in [4.78, 5) is 8.46. The van der Waals surface area contributed by atoms with Gasteiger partial charge in [0.15, 0.2) is 0 Å². The molecule has 0 radical (unpaired) electrons. The Morgan fingerprint density at radius 3 is 2.71 bits per heavy atom. The van der Waals surface area contributed by atoms with Gasteiger partial charge in [0.2, 0.25) is 0 Å². The standard InChI is InChI=1S/C14H9ClN2/c15-11-7-13(10-3-1-5-16-9-10)12-4-2-6-17-14(12)8-11/h1-9H. The molecular formula is C14H9ClN2. The molecule has 3 aromatic rings. The summed E-state index contributed by atoms with van der Waals surface area (Å²) in [6.45, 7) is 0. The highest BCUT2D eigenvalue weighted by Gasteiger charge is 2.05. The van der Waals surface area contributed by atoms with Crippen molar-refractivity contribution in [2.45, 2.75) is 0 Å². The zero-order valence-corrected chi connectivity index (χ0v) is 9.72. The summed E-state index contributed by atoms with van der Waals surface area (Å²) in [5.74, 6) is 0. The van der Waals surface area contributed by atoms with E-state index in [1.165, 1.54) is 0 Å². The van der Waals surface area contributed by atoms with Crippen LogP contribution in [0, 0.1) is 0 Å². The fourth-order valence-electron chi connectivity index (χ4n) is 1.91. The minimum absolute atomic E-state index is 0.690. The molecule has 0 amide bonds. The van der Waals surface area contributed by atoms with Crippen LogP contribution in [0.3, 0.4) is 0 Å². The number of halogens is 1. The molecule has 0 bridgehead atoms. The molecule has 0 fully saturated rings. The Kier molecular flexibility index (Phi) is 2.50. The van der Waals surface area contributed by atoms with Crippen molar-refractivity contribution in [3.8, 4) is 11.1 Å². The summed E-state index contributed by atoms with van der Waals surface area (Å²) in [6, 6.07) is 11.7.